The number of anilines is 1. The van der Waals surface area contributed by atoms with Crippen molar-refractivity contribution >= 4 is 17.3 Å². The molecular weight excluding hydrogens is 263 g/mol. The fourth-order valence-corrected chi connectivity index (χ4v) is 2.15. The molecule has 2 nitrogen and oxygen atoms in total. The van der Waals surface area contributed by atoms with Crippen LogP contribution in [-0.4, -0.2) is 11.9 Å². The minimum atomic E-state index is -0.217. The number of nitrogens with two attached hydrogens (primary N) is 1. The second-order valence-corrected chi connectivity index (χ2v) is 5.08. The quantitative estimate of drug-likeness (QED) is 0.864. The summed E-state index contributed by atoms with van der Waals surface area (Å²) in [7, 11) is 1.99. The second-order valence-electron chi connectivity index (χ2n) is 4.64. The molecule has 100 valence electrons. The van der Waals surface area contributed by atoms with Crippen LogP contribution < -0.4 is 5.73 Å². The van der Waals surface area contributed by atoms with Gasteiger partial charge >= 0.3 is 0 Å². The molecule has 2 N–H and O–H groups in total. The lowest BCUT2D eigenvalue weighted by molar-refractivity contribution is 0.319. The molecule has 0 amide bonds. The van der Waals surface area contributed by atoms with Gasteiger partial charge in [-0.25, -0.2) is 4.39 Å². The highest BCUT2D eigenvalue weighted by Crippen LogP contribution is 2.19. The van der Waals surface area contributed by atoms with Gasteiger partial charge in [0.1, 0.15) is 5.82 Å². The number of nitrogens with zero attached hydrogens (tertiary/aromatic N) is 1. The zero-order valence-corrected chi connectivity index (χ0v) is 11.5. The molecule has 0 fully saturated rings. The van der Waals surface area contributed by atoms with Gasteiger partial charge in [-0.3, -0.25) is 4.90 Å². The van der Waals surface area contributed by atoms with Crippen LogP contribution in [0.1, 0.15) is 11.1 Å². The maximum atomic E-state index is 12.8. The van der Waals surface area contributed by atoms with E-state index in [1.165, 1.54) is 12.1 Å². The minimum Gasteiger partial charge on any atom is -0.398 e. The summed E-state index contributed by atoms with van der Waals surface area (Å²) in [5.74, 6) is -0.217. The number of rotatable bonds is 4. The molecular formula is C15H16ClFN2. The van der Waals surface area contributed by atoms with Gasteiger partial charge in [0.2, 0.25) is 0 Å². The molecule has 2 aromatic carbocycles. The zero-order chi connectivity index (χ0) is 13.8. The Morgan fingerprint density at radius 2 is 1.79 bits per heavy atom. The monoisotopic (exact) mass is 278 g/mol. The van der Waals surface area contributed by atoms with Crippen LogP contribution in [0.5, 0.6) is 0 Å². The van der Waals surface area contributed by atoms with Gasteiger partial charge in [0.05, 0.1) is 0 Å². The standard InChI is InChI=1S/C15H16ClFN2/c1-19(9-11-2-5-14(17)6-3-11)10-12-8-13(16)4-7-15(12)18/h2-8H,9-10,18H2,1H3. The Balaban J connectivity index is 2.02. The lowest BCUT2D eigenvalue weighted by Crippen LogP contribution is -2.18. The van der Waals surface area contributed by atoms with Gasteiger partial charge in [0.15, 0.2) is 0 Å². The molecule has 0 spiro atoms. The molecule has 0 radical (unpaired) electrons. The van der Waals surface area contributed by atoms with E-state index in [0.29, 0.717) is 11.6 Å². The van der Waals surface area contributed by atoms with E-state index in [0.717, 1.165) is 23.4 Å². The maximum Gasteiger partial charge on any atom is 0.123 e. The van der Waals surface area contributed by atoms with Gasteiger partial charge in [-0.2, -0.15) is 0 Å². The molecule has 0 aromatic heterocycles. The summed E-state index contributed by atoms with van der Waals surface area (Å²) in [6.45, 7) is 1.43. The highest BCUT2D eigenvalue weighted by atomic mass is 35.5. The Hall–Kier alpha value is -1.58. The highest BCUT2D eigenvalue weighted by Gasteiger charge is 2.06. The third-order valence-corrected chi connectivity index (χ3v) is 3.15. The summed E-state index contributed by atoms with van der Waals surface area (Å²) in [5, 5.41) is 0.680. The fourth-order valence-electron chi connectivity index (χ4n) is 1.96. The van der Waals surface area contributed by atoms with Crippen molar-refractivity contribution < 1.29 is 4.39 Å². The Labute approximate surface area is 117 Å². The fraction of sp³-hybridized carbons (Fsp3) is 0.200. The SMILES string of the molecule is CN(Cc1ccc(F)cc1)Cc1cc(Cl)ccc1N. The molecule has 0 saturated carbocycles. The van der Waals surface area contributed by atoms with E-state index in [1.807, 2.05) is 19.2 Å². The predicted octanol–water partition coefficient (Wildman–Crippen LogP) is 3.69. The van der Waals surface area contributed by atoms with Gasteiger partial charge < -0.3 is 5.73 Å². The molecule has 0 aliphatic heterocycles. The molecule has 0 aliphatic carbocycles. The van der Waals surface area contributed by atoms with Gasteiger partial charge in [-0.15, -0.1) is 0 Å². The normalized spacial score (nSPS) is 10.9. The van der Waals surface area contributed by atoms with Crippen LogP contribution in [0, 0.1) is 5.82 Å². The summed E-state index contributed by atoms with van der Waals surface area (Å²) in [6.07, 6.45) is 0. The number of benzene rings is 2. The van der Waals surface area contributed by atoms with Crippen molar-refractivity contribution in [3.8, 4) is 0 Å². The number of hydrogen-bond donors (Lipinski definition) is 1. The second kappa shape index (κ2) is 6.04. The van der Waals surface area contributed by atoms with E-state index >= 15 is 0 Å². The van der Waals surface area contributed by atoms with Crippen LogP contribution in [0.25, 0.3) is 0 Å². The Bertz CT molecular complexity index is 555. The minimum absolute atomic E-state index is 0.217. The third-order valence-electron chi connectivity index (χ3n) is 2.91. The average molecular weight is 279 g/mol. The van der Waals surface area contributed by atoms with Crippen LogP contribution in [0.2, 0.25) is 5.02 Å². The molecule has 0 atom stereocenters. The van der Waals surface area contributed by atoms with E-state index in [9.17, 15) is 4.39 Å². The molecule has 0 heterocycles. The topological polar surface area (TPSA) is 29.3 Å². The van der Waals surface area contributed by atoms with E-state index in [-0.39, 0.29) is 5.82 Å². The number of hydrogen-bond acceptors (Lipinski definition) is 2. The maximum absolute atomic E-state index is 12.8. The van der Waals surface area contributed by atoms with Crippen LogP contribution in [-0.2, 0) is 13.1 Å². The lowest BCUT2D eigenvalue weighted by atomic mass is 10.1. The summed E-state index contributed by atoms with van der Waals surface area (Å²) >= 11 is 5.96. The van der Waals surface area contributed by atoms with Gasteiger partial charge in [-0.05, 0) is 48.5 Å². The van der Waals surface area contributed by atoms with Crippen molar-refractivity contribution in [2.75, 3.05) is 12.8 Å². The van der Waals surface area contributed by atoms with E-state index < -0.39 is 0 Å². The van der Waals surface area contributed by atoms with Crippen LogP contribution in [0.15, 0.2) is 42.5 Å². The molecule has 4 heteroatoms. The van der Waals surface area contributed by atoms with Crippen LogP contribution >= 0.6 is 11.6 Å². The van der Waals surface area contributed by atoms with Crippen molar-refractivity contribution in [1.82, 2.24) is 4.90 Å². The highest BCUT2D eigenvalue weighted by molar-refractivity contribution is 6.30. The first kappa shape index (κ1) is 13.8. The Morgan fingerprint density at radius 1 is 1.11 bits per heavy atom. The van der Waals surface area contributed by atoms with Crippen molar-refractivity contribution in [2.45, 2.75) is 13.1 Å². The first-order valence-electron chi connectivity index (χ1n) is 6.01. The van der Waals surface area contributed by atoms with Crippen molar-refractivity contribution in [2.24, 2.45) is 0 Å². The van der Waals surface area contributed by atoms with E-state index in [4.69, 9.17) is 17.3 Å². The molecule has 2 rings (SSSR count). The van der Waals surface area contributed by atoms with Crippen molar-refractivity contribution in [3.05, 3.63) is 64.4 Å². The zero-order valence-electron chi connectivity index (χ0n) is 10.7. The molecule has 2 aromatic rings. The first-order valence-corrected chi connectivity index (χ1v) is 6.39. The number of nitrogen functional groups attached to an aromatic ring is 1. The largest absolute Gasteiger partial charge is 0.398 e. The molecule has 0 bridgehead atoms. The van der Waals surface area contributed by atoms with Crippen molar-refractivity contribution in [3.63, 3.8) is 0 Å². The van der Waals surface area contributed by atoms with Gasteiger partial charge in [0, 0.05) is 23.8 Å². The van der Waals surface area contributed by atoms with E-state index in [2.05, 4.69) is 4.90 Å². The third kappa shape index (κ3) is 3.94. The van der Waals surface area contributed by atoms with Crippen molar-refractivity contribution in [1.29, 1.82) is 0 Å². The van der Waals surface area contributed by atoms with Crippen LogP contribution in [0.3, 0.4) is 0 Å². The number of halogens is 2. The van der Waals surface area contributed by atoms with E-state index in [1.54, 1.807) is 18.2 Å². The molecule has 19 heavy (non-hydrogen) atoms. The molecule has 0 saturated heterocycles. The molecule has 0 aliphatic rings. The molecule has 0 unspecified atom stereocenters. The first-order chi connectivity index (χ1) is 9.04. The van der Waals surface area contributed by atoms with Gasteiger partial charge in [-0.1, -0.05) is 23.7 Å². The predicted molar refractivity (Wildman–Crippen MR) is 77.4 cm³/mol. The summed E-state index contributed by atoms with van der Waals surface area (Å²) in [4.78, 5) is 2.11. The van der Waals surface area contributed by atoms with Gasteiger partial charge in [0.25, 0.3) is 0 Å². The Morgan fingerprint density at radius 3 is 2.47 bits per heavy atom. The summed E-state index contributed by atoms with van der Waals surface area (Å²) < 4.78 is 12.8. The van der Waals surface area contributed by atoms with Crippen LogP contribution in [0.4, 0.5) is 10.1 Å². The lowest BCUT2D eigenvalue weighted by Gasteiger charge is -2.18. The Kier molecular flexibility index (Phi) is 4.40. The summed E-state index contributed by atoms with van der Waals surface area (Å²) in [5.41, 5.74) is 8.70. The smallest absolute Gasteiger partial charge is 0.123 e. The average Bonchev–Trinajstić information content (AvgIpc) is 2.37. The summed E-state index contributed by atoms with van der Waals surface area (Å²) in [6, 6.07) is 12.0.